The first-order chi connectivity index (χ1) is 9.29. The molecule has 1 heterocycles. The molecule has 1 unspecified atom stereocenters. The lowest BCUT2D eigenvalue weighted by Gasteiger charge is -2.22. The Bertz CT molecular complexity index is 390. The molecular weight excluding hydrogens is 240 g/mol. The van der Waals surface area contributed by atoms with Crippen molar-refractivity contribution in [2.75, 3.05) is 30.8 Å². The van der Waals surface area contributed by atoms with E-state index in [1.807, 2.05) is 25.1 Å². The van der Waals surface area contributed by atoms with Gasteiger partial charge in [0.05, 0.1) is 18.4 Å². The summed E-state index contributed by atoms with van der Waals surface area (Å²) in [7, 11) is 0. The van der Waals surface area contributed by atoms with Crippen molar-refractivity contribution < 1.29 is 9.47 Å². The normalized spacial score (nSPS) is 19.1. The molecule has 1 atom stereocenters. The molecule has 1 aromatic carbocycles. The van der Waals surface area contributed by atoms with Gasteiger partial charge in [0, 0.05) is 24.9 Å². The van der Waals surface area contributed by atoms with Crippen LogP contribution in [0.25, 0.3) is 0 Å². The van der Waals surface area contributed by atoms with Gasteiger partial charge in [-0.3, -0.25) is 0 Å². The molecule has 1 fully saturated rings. The van der Waals surface area contributed by atoms with Gasteiger partial charge in [0.2, 0.25) is 0 Å². The minimum absolute atomic E-state index is 0.418. The van der Waals surface area contributed by atoms with Gasteiger partial charge in [-0.1, -0.05) is 0 Å². The Morgan fingerprint density at radius 3 is 3.05 bits per heavy atom. The predicted molar refractivity (Wildman–Crippen MR) is 78.7 cm³/mol. The minimum atomic E-state index is 0.418. The zero-order chi connectivity index (χ0) is 13.5. The molecule has 0 aromatic heterocycles. The smallest absolute Gasteiger partial charge is 0.144 e. The summed E-state index contributed by atoms with van der Waals surface area (Å²) in [5.74, 6) is 0.751. The zero-order valence-electron chi connectivity index (χ0n) is 11.7. The van der Waals surface area contributed by atoms with Crippen LogP contribution >= 0.6 is 0 Å². The fourth-order valence-corrected chi connectivity index (χ4v) is 2.34. The maximum Gasteiger partial charge on any atom is 0.144 e. The standard InChI is InChI=1S/C15H24N2O2/c1-2-18-15-11-12(6-7-14(15)16)17-9-8-13-5-3-4-10-19-13/h6-7,11,13,17H,2-5,8-10,16H2,1H3. The zero-order valence-corrected chi connectivity index (χ0v) is 11.7. The van der Waals surface area contributed by atoms with Gasteiger partial charge in [0.1, 0.15) is 5.75 Å². The Morgan fingerprint density at radius 2 is 2.32 bits per heavy atom. The minimum Gasteiger partial charge on any atom is -0.492 e. The first kappa shape index (κ1) is 14.0. The molecule has 106 valence electrons. The van der Waals surface area contributed by atoms with E-state index in [1.165, 1.54) is 19.3 Å². The van der Waals surface area contributed by atoms with Crippen molar-refractivity contribution >= 4 is 11.4 Å². The summed E-state index contributed by atoms with van der Waals surface area (Å²) in [4.78, 5) is 0. The fourth-order valence-electron chi connectivity index (χ4n) is 2.34. The van der Waals surface area contributed by atoms with Gasteiger partial charge < -0.3 is 20.5 Å². The van der Waals surface area contributed by atoms with E-state index in [9.17, 15) is 0 Å². The Labute approximate surface area is 115 Å². The van der Waals surface area contributed by atoms with Gasteiger partial charge in [-0.2, -0.15) is 0 Å². The summed E-state index contributed by atoms with van der Waals surface area (Å²) in [5.41, 5.74) is 7.58. The van der Waals surface area contributed by atoms with E-state index in [1.54, 1.807) is 0 Å². The Hall–Kier alpha value is -1.42. The van der Waals surface area contributed by atoms with Crippen LogP contribution in [-0.4, -0.2) is 25.9 Å². The van der Waals surface area contributed by atoms with Crippen LogP contribution in [0.3, 0.4) is 0 Å². The van der Waals surface area contributed by atoms with Crippen molar-refractivity contribution in [1.82, 2.24) is 0 Å². The quantitative estimate of drug-likeness (QED) is 0.775. The third-order valence-electron chi connectivity index (χ3n) is 3.38. The average molecular weight is 264 g/mol. The number of nitrogen functional groups attached to an aromatic ring is 1. The first-order valence-corrected chi connectivity index (χ1v) is 7.17. The Balaban J connectivity index is 1.80. The largest absolute Gasteiger partial charge is 0.492 e. The Morgan fingerprint density at radius 1 is 1.42 bits per heavy atom. The molecule has 0 amide bonds. The lowest BCUT2D eigenvalue weighted by atomic mass is 10.1. The molecule has 1 aromatic rings. The molecule has 0 aliphatic carbocycles. The second-order valence-corrected chi connectivity index (χ2v) is 4.89. The highest BCUT2D eigenvalue weighted by molar-refractivity contribution is 5.61. The highest BCUT2D eigenvalue weighted by Gasteiger charge is 2.13. The SMILES string of the molecule is CCOc1cc(NCCC2CCCCO2)ccc1N. The van der Waals surface area contributed by atoms with E-state index >= 15 is 0 Å². The summed E-state index contributed by atoms with van der Waals surface area (Å²) >= 11 is 0. The van der Waals surface area contributed by atoms with Crippen molar-refractivity contribution in [2.45, 2.75) is 38.7 Å². The maximum atomic E-state index is 5.85. The van der Waals surface area contributed by atoms with E-state index in [4.69, 9.17) is 15.2 Å². The van der Waals surface area contributed by atoms with Crippen molar-refractivity contribution in [3.05, 3.63) is 18.2 Å². The molecule has 19 heavy (non-hydrogen) atoms. The van der Waals surface area contributed by atoms with Crippen LogP contribution in [0.15, 0.2) is 18.2 Å². The van der Waals surface area contributed by atoms with Crippen LogP contribution in [0, 0.1) is 0 Å². The third-order valence-corrected chi connectivity index (χ3v) is 3.38. The highest BCUT2D eigenvalue weighted by Crippen LogP contribution is 2.25. The molecule has 4 nitrogen and oxygen atoms in total. The number of nitrogens with one attached hydrogen (secondary N) is 1. The molecule has 1 aliphatic heterocycles. The summed E-state index contributed by atoms with van der Waals surface area (Å²) in [6.45, 7) is 4.42. The first-order valence-electron chi connectivity index (χ1n) is 7.17. The van der Waals surface area contributed by atoms with Crippen LogP contribution in [-0.2, 0) is 4.74 Å². The molecule has 1 saturated heterocycles. The average Bonchev–Trinajstić information content (AvgIpc) is 2.44. The van der Waals surface area contributed by atoms with Gasteiger partial charge in [0.25, 0.3) is 0 Å². The van der Waals surface area contributed by atoms with E-state index in [2.05, 4.69) is 5.32 Å². The van der Waals surface area contributed by atoms with Crippen molar-refractivity contribution in [2.24, 2.45) is 0 Å². The number of nitrogens with two attached hydrogens (primary N) is 1. The highest BCUT2D eigenvalue weighted by atomic mass is 16.5. The van der Waals surface area contributed by atoms with Crippen molar-refractivity contribution in [3.63, 3.8) is 0 Å². The Kier molecular flexibility index (Phi) is 5.33. The molecule has 0 radical (unpaired) electrons. The molecule has 0 spiro atoms. The number of benzene rings is 1. The van der Waals surface area contributed by atoms with Crippen LogP contribution in [0.2, 0.25) is 0 Å². The second-order valence-electron chi connectivity index (χ2n) is 4.89. The predicted octanol–water partition coefficient (Wildman–Crippen LogP) is 3.04. The number of anilines is 2. The monoisotopic (exact) mass is 264 g/mol. The van der Waals surface area contributed by atoms with E-state index in [-0.39, 0.29) is 0 Å². The molecule has 2 rings (SSSR count). The van der Waals surface area contributed by atoms with Gasteiger partial charge in [-0.05, 0) is 44.7 Å². The number of ether oxygens (including phenoxy) is 2. The lowest BCUT2D eigenvalue weighted by Crippen LogP contribution is -2.21. The summed E-state index contributed by atoms with van der Waals surface area (Å²) in [6.07, 6.45) is 5.16. The van der Waals surface area contributed by atoms with Gasteiger partial charge in [0.15, 0.2) is 0 Å². The molecule has 3 N–H and O–H groups in total. The van der Waals surface area contributed by atoms with Crippen molar-refractivity contribution in [1.29, 1.82) is 0 Å². The van der Waals surface area contributed by atoms with Gasteiger partial charge in [-0.25, -0.2) is 0 Å². The molecule has 4 heteroatoms. The lowest BCUT2D eigenvalue weighted by molar-refractivity contribution is 0.0134. The van der Waals surface area contributed by atoms with E-state index < -0.39 is 0 Å². The van der Waals surface area contributed by atoms with E-state index in [0.29, 0.717) is 18.4 Å². The van der Waals surface area contributed by atoms with Crippen molar-refractivity contribution in [3.8, 4) is 5.75 Å². The number of rotatable bonds is 6. The summed E-state index contributed by atoms with van der Waals surface area (Å²) in [6, 6.07) is 5.82. The topological polar surface area (TPSA) is 56.5 Å². The maximum absolute atomic E-state index is 5.85. The van der Waals surface area contributed by atoms with Crippen LogP contribution in [0.4, 0.5) is 11.4 Å². The van der Waals surface area contributed by atoms with E-state index in [0.717, 1.165) is 31.0 Å². The summed E-state index contributed by atoms with van der Waals surface area (Å²) < 4.78 is 11.2. The van der Waals surface area contributed by atoms with Crippen LogP contribution in [0.5, 0.6) is 5.75 Å². The molecule has 1 aliphatic rings. The molecule has 0 saturated carbocycles. The summed E-state index contributed by atoms with van der Waals surface area (Å²) in [5, 5.41) is 3.40. The van der Waals surface area contributed by atoms with Crippen LogP contribution < -0.4 is 15.8 Å². The molecular formula is C15H24N2O2. The number of hydrogen-bond donors (Lipinski definition) is 2. The van der Waals surface area contributed by atoms with Gasteiger partial charge in [-0.15, -0.1) is 0 Å². The fraction of sp³-hybridized carbons (Fsp3) is 0.600. The molecule has 0 bridgehead atoms. The second kappa shape index (κ2) is 7.24. The van der Waals surface area contributed by atoms with Crippen LogP contribution in [0.1, 0.15) is 32.6 Å². The van der Waals surface area contributed by atoms with Gasteiger partial charge >= 0.3 is 0 Å². The third kappa shape index (κ3) is 4.31. The number of hydrogen-bond acceptors (Lipinski definition) is 4.